The number of nitrogens with zero attached hydrogens (tertiary/aromatic N) is 2. The highest BCUT2D eigenvalue weighted by molar-refractivity contribution is 6.20. The summed E-state index contributed by atoms with van der Waals surface area (Å²) < 4.78 is 9.01. The van der Waals surface area contributed by atoms with Crippen molar-refractivity contribution >= 4 is 39.3 Å². The molecule has 1 aromatic heterocycles. The van der Waals surface area contributed by atoms with Gasteiger partial charge in [0.15, 0.2) is 5.78 Å². The first-order valence-electron chi connectivity index (χ1n) is 13.6. The van der Waals surface area contributed by atoms with E-state index in [4.69, 9.17) is 9.57 Å². The van der Waals surface area contributed by atoms with E-state index in [1.807, 2.05) is 55.5 Å². The van der Waals surface area contributed by atoms with Crippen LogP contribution in [0.1, 0.15) is 73.0 Å². The minimum atomic E-state index is -0.448. The minimum Gasteiger partial charge on any atom is -0.482 e. The van der Waals surface area contributed by atoms with Crippen molar-refractivity contribution in [1.82, 2.24) is 4.57 Å². The standard InChI is InChI=1S/C32H32N2O4/c1-4-34-26-16-14-22(30(36)23-13-9-8-10-19(23)2)18-25(26)28-27(34)17-15-24-29(33-38-20(3)35)31(37-32(24)28)21-11-6-5-7-12-21/h8-10,13-18,21,31H,4-7,11-12H2,1-3H3/b33-29-. The molecule has 1 saturated carbocycles. The summed E-state index contributed by atoms with van der Waals surface area (Å²) in [6.45, 7) is 6.23. The van der Waals surface area contributed by atoms with Gasteiger partial charge >= 0.3 is 5.97 Å². The van der Waals surface area contributed by atoms with E-state index in [2.05, 4.69) is 22.7 Å². The summed E-state index contributed by atoms with van der Waals surface area (Å²) in [5.74, 6) is 0.643. The van der Waals surface area contributed by atoms with E-state index in [1.54, 1.807) is 0 Å². The summed E-state index contributed by atoms with van der Waals surface area (Å²) in [5, 5.41) is 6.27. The molecule has 2 aliphatic rings. The Morgan fingerprint density at radius 3 is 2.53 bits per heavy atom. The van der Waals surface area contributed by atoms with Crippen LogP contribution in [0.15, 0.2) is 59.8 Å². The van der Waals surface area contributed by atoms with Crippen LogP contribution in [0.3, 0.4) is 0 Å². The maximum atomic E-state index is 13.5. The van der Waals surface area contributed by atoms with E-state index in [-0.39, 0.29) is 11.9 Å². The van der Waals surface area contributed by atoms with Crippen molar-refractivity contribution in [2.75, 3.05) is 0 Å². The monoisotopic (exact) mass is 508 g/mol. The lowest BCUT2D eigenvalue weighted by atomic mass is 9.83. The van der Waals surface area contributed by atoms with Gasteiger partial charge in [0, 0.05) is 47.0 Å². The molecule has 1 atom stereocenters. The molecule has 0 amide bonds. The molecule has 3 aromatic carbocycles. The number of aryl methyl sites for hydroxylation is 2. The van der Waals surface area contributed by atoms with Crippen molar-refractivity contribution in [1.29, 1.82) is 0 Å². The van der Waals surface area contributed by atoms with Crippen LogP contribution in [0.2, 0.25) is 0 Å². The average molecular weight is 509 g/mol. The second-order valence-electron chi connectivity index (χ2n) is 10.5. The topological polar surface area (TPSA) is 69.9 Å². The summed E-state index contributed by atoms with van der Waals surface area (Å²) in [6, 6.07) is 17.8. The molecule has 0 radical (unpaired) electrons. The fraction of sp³-hybridized carbons (Fsp3) is 0.344. The molecule has 4 aromatic rings. The molecule has 0 spiro atoms. The largest absolute Gasteiger partial charge is 0.482 e. The third-order valence-corrected chi connectivity index (χ3v) is 8.09. The smallest absolute Gasteiger partial charge is 0.331 e. The summed E-state index contributed by atoms with van der Waals surface area (Å²) in [6.07, 6.45) is 5.43. The Balaban J connectivity index is 1.55. The van der Waals surface area contributed by atoms with Crippen molar-refractivity contribution in [3.8, 4) is 5.75 Å². The molecule has 1 fully saturated rings. The Morgan fingerprint density at radius 2 is 1.79 bits per heavy atom. The Bertz CT molecular complexity index is 1610. The molecule has 1 aliphatic heterocycles. The van der Waals surface area contributed by atoms with Crippen LogP contribution in [-0.2, 0) is 16.2 Å². The van der Waals surface area contributed by atoms with Gasteiger partial charge in [-0.25, -0.2) is 4.79 Å². The van der Waals surface area contributed by atoms with Gasteiger partial charge in [0.2, 0.25) is 0 Å². The Hall–Kier alpha value is -3.93. The van der Waals surface area contributed by atoms with Crippen LogP contribution in [-0.4, -0.2) is 28.1 Å². The molecule has 6 nitrogen and oxygen atoms in total. The number of carbonyl (C=O) groups is 2. The van der Waals surface area contributed by atoms with Crippen LogP contribution < -0.4 is 4.74 Å². The Morgan fingerprint density at radius 1 is 1.03 bits per heavy atom. The number of benzene rings is 3. The van der Waals surface area contributed by atoms with Crippen LogP contribution in [0.4, 0.5) is 0 Å². The van der Waals surface area contributed by atoms with Crippen LogP contribution >= 0.6 is 0 Å². The van der Waals surface area contributed by atoms with Gasteiger partial charge in [-0.15, -0.1) is 0 Å². The van der Waals surface area contributed by atoms with Crippen molar-refractivity contribution in [3.63, 3.8) is 0 Å². The highest BCUT2D eigenvalue weighted by Gasteiger charge is 2.39. The van der Waals surface area contributed by atoms with E-state index in [0.717, 1.165) is 70.9 Å². The number of fused-ring (bicyclic) bond motifs is 5. The molecule has 1 unspecified atom stereocenters. The zero-order valence-corrected chi connectivity index (χ0v) is 22.1. The molecule has 0 N–H and O–H groups in total. The lowest BCUT2D eigenvalue weighted by Crippen LogP contribution is -2.32. The van der Waals surface area contributed by atoms with Gasteiger partial charge in [0.25, 0.3) is 0 Å². The quantitative estimate of drug-likeness (QED) is 0.166. The molecule has 6 heteroatoms. The third kappa shape index (κ3) is 3.99. The number of hydrogen-bond donors (Lipinski definition) is 0. The SMILES string of the molecule is CCn1c2ccc(C(=O)c3ccccc3C)cc2c2c3c(ccc21)/C(=N/OC(C)=O)C(C1CCCCC1)O3. The van der Waals surface area contributed by atoms with Crippen molar-refractivity contribution in [2.45, 2.75) is 65.5 Å². The first-order valence-corrected chi connectivity index (χ1v) is 13.6. The van der Waals surface area contributed by atoms with Crippen molar-refractivity contribution in [3.05, 3.63) is 76.9 Å². The van der Waals surface area contributed by atoms with Crippen LogP contribution in [0, 0.1) is 12.8 Å². The number of oxime groups is 1. The minimum absolute atomic E-state index is 0.00749. The van der Waals surface area contributed by atoms with E-state index >= 15 is 0 Å². The molecule has 6 rings (SSSR count). The lowest BCUT2D eigenvalue weighted by Gasteiger charge is -2.26. The summed E-state index contributed by atoms with van der Waals surface area (Å²) in [4.78, 5) is 30.3. The maximum absolute atomic E-state index is 13.5. The van der Waals surface area contributed by atoms with Crippen LogP contribution in [0.25, 0.3) is 21.8 Å². The van der Waals surface area contributed by atoms with Crippen LogP contribution in [0.5, 0.6) is 5.75 Å². The van der Waals surface area contributed by atoms with Gasteiger partial charge in [-0.1, -0.05) is 48.7 Å². The third-order valence-electron chi connectivity index (χ3n) is 8.09. The predicted octanol–water partition coefficient (Wildman–Crippen LogP) is 6.96. The molecule has 38 heavy (non-hydrogen) atoms. The van der Waals surface area contributed by atoms with E-state index in [0.29, 0.717) is 22.8 Å². The van der Waals surface area contributed by atoms with Gasteiger partial charge in [0.1, 0.15) is 17.6 Å². The Labute approximate surface area is 222 Å². The second-order valence-corrected chi connectivity index (χ2v) is 10.5. The van der Waals surface area contributed by atoms with Crippen molar-refractivity contribution < 1.29 is 19.2 Å². The molecule has 0 saturated heterocycles. The van der Waals surface area contributed by atoms with E-state index in [1.165, 1.54) is 13.3 Å². The van der Waals surface area contributed by atoms with Gasteiger partial charge in [-0.3, -0.25) is 4.79 Å². The number of aromatic nitrogens is 1. The van der Waals surface area contributed by atoms with Gasteiger partial charge in [0.05, 0.1) is 10.9 Å². The molecular formula is C32H32N2O4. The normalized spacial score (nSPS) is 18.6. The van der Waals surface area contributed by atoms with Gasteiger partial charge in [-0.05, 0) is 62.6 Å². The van der Waals surface area contributed by atoms with E-state index < -0.39 is 5.97 Å². The number of ether oxygens (including phenoxy) is 1. The maximum Gasteiger partial charge on any atom is 0.331 e. The first kappa shape index (κ1) is 24.4. The molecule has 2 heterocycles. The summed E-state index contributed by atoms with van der Waals surface area (Å²) in [7, 11) is 0. The number of hydrogen-bond acceptors (Lipinski definition) is 5. The Kier molecular flexibility index (Phi) is 6.26. The molecule has 0 bridgehead atoms. The van der Waals surface area contributed by atoms with Gasteiger partial charge < -0.3 is 14.1 Å². The second kappa shape index (κ2) is 9.75. The zero-order chi connectivity index (χ0) is 26.4. The fourth-order valence-electron chi connectivity index (χ4n) is 6.26. The summed E-state index contributed by atoms with van der Waals surface area (Å²) in [5.41, 5.74) is 5.97. The summed E-state index contributed by atoms with van der Waals surface area (Å²) >= 11 is 0. The molecule has 194 valence electrons. The zero-order valence-electron chi connectivity index (χ0n) is 22.1. The number of rotatable bonds is 5. The predicted molar refractivity (Wildman–Crippen MR) is 149 cm³/mol. The molecule has 1 aliphatic carbocycles. The van der Waals surface area contributed by atoms with Gasteiger partial charge in [-0.2, -0.15) is 0 Å². The number of carbonyl (C=O) groups excluding carboxylic acids is 2. The average Bonchev–Trinajstić information content (AvgIpc) is 3.47. The fourth-order valence-corrected chi connectivity index (χ4v) is 6.26. The molecular weight excluding hydrogens is 476 g/mol. The highest BCUT2D eigenvalue weighted by atomic mass is 16.7. The number of ketones is 1. The van der Waals surface area contributed by atoms with E-state index in [9.17, 15) is 9.59 Å². The van der Waals surface area contributed by atoms with Crippen molar-refractivity contribution in [2.24, 2.45) is 11.1 Å². The first-order chi connectivity index (χ1) is 18.5. The lowest BCUT2D eigenvalue weighted by molar-refractivity contribution is -0.141. The highest BCUT2D eigenvalue weighted by Crippen LogP contribution is 2.45.